The highest BCUT2D eigenvalue weighted by Crippen LogP contribution is 2.25. The highest BCUT2D eigenvalue weighted by molar-refractivity contribution is 8.00. The highest BCUT2D eigenvalue weighted by Gasteiger charge is 2.36. The molecule has 1 aliphatic heterocycles. The quantitative estimate of drug-likeness (QED) is 0.548. The molecule has 0 aromatic heterocycles. The van der Waals surface area contributed by atoms with Gasteiger partial charge in [-0.05, 0) is 25.2 Å². The number of likely N-dealkylation sites (tertiary alicyclic amines) is 1. The average Bonchev–Trinajstić information content (AvgIpc) is 2.80. The van der Waals surface area contributed by atoms with E-state index in [-0.39, 0.29) is 60.6 Å². The summed E-state index contributed by atoms with van der Waals surface area (Å²) in [5.74, 6) is 0.338. The summed E-state index contributed by atoms with van der Waals surface area (Å²) in [5, 5.41) is 5.57. The number of hydrogen-bond donors (Lipinski definition) is 2. The Kier molecular flexibility index (Phi) is 7.74. The van der Waals surface area contributed by atoms with Crippen LogP contribution in [0.4, 0.5) is 0 Å². The zero-order chi connectivity index (χ0) is 18.2. The van der Waals surface area contributed by atoms with Crippen molar-refractivity contribution in [3.63, 3.8) is 0 Å². The minimum atomic E-state index is -0.211. The normalized spacial score (nSPS) is 20.5. The smallest absolute Gasteiger partial charge is 0.232 e. The first kappa shape index (κ1) is 19.8. The molecule has 4 amide bonds. The molecular formula is C17H27N3O4S. The summed E-state index contributed by atoms with van der Waals surface area (Å²) in [6.07, 6.45) is 4.57. The second kappa shape index (κ2) is 9.79. The lowest BCUT2D eigenvalue weighted by atomic mass is 9.85. The Bertz CT molecular complexity index is 522. The van der Waals surface area contributed by atoms with Crippen LogP contribution in [-0.4, -0.2) is 59.7 Å². The van der Waals surface area contributed by atoms with Gasteiger partial charge in [0.05, 0.1) is 11.5 Å². The van der Waals surface area contributed by atoms with E-state index in [0.717, 1.165) is 6.54 Å². The van der Waals surface area contributed by atoms with Gasteiger partial charge in [0.15, 0.2) is 0 Å². The van der Waals surface area contributed by atoms with Crippen LogP contribution >= 0.6 is 11.8 Å². The van der Waals surface area contributed by atoms with Crippen LogP contribution < -0.4 is 10.6 Å². The second-order valence-electron chi connectivity index (χ2n) is 6.64. The molecule has 7 nitrogen and oxygen atoms in total. The predicted molar refractivity (Wildman–Crippen MR) is 95.8 cm³/mol. The van der Waals surface area contributed by atoms with E-state index in [1.807, 2.05) is 6.92 Å². The highest BCUT2D eigenvalue weighted by atomic mass is 32.2. The summed E-state index contributed by atoms with van der Waals surface area (Å²) in [4.78, 5) is 48.3. The molecule has 140 valence electrons. The number of imide groups is 1. The van der Waals surface area contributed by atoms with Crippen molar-refractivity contribution in [1.29, 1.82) is 0 Å². The van der Waals surface area contributed by atoms with Crippen LogP contribution in [0.5, 0.6) is 0 Å². The van der Waals surface area contributed by atoms with Crippen LogP contribution in [0.3, 0.4) is 0 Å². The van der Waals surface area contributed by atoms with Gasteiger partial charge in [0.1, 0.15) is 0 Å². The standard InChI is InChI=1S/C17H27N3O4S/c1-2-13-8-16(23)20(17(13)24)7-6-18-14(21)10-25-11-15(22)19-9-12-4-3-5-12/h12-13H,2-11H2,1H3,(H,18,21)(H,19,22)/t13-/m0/s1. The van der Waals surface area contributed by atoms with Crippen molar-refractivity contribution >= 4 is 35.4 Å². The van der Waals surface area contributed by atoms with E-state index in [1.54, 1.807) is 0 Å². The molecule has 0 aromatic rings. The van der Waals surface area contributed by atoms with E-state index in [1.165, 1.54) is 35.9 Å². The number of thioether (sulfide) groups is 1. The molecule has 2 fully saturated rings. The van der Waals surface area contributed by atoms with E-state index >= 15 is 0 Å². The molecule has 0 aromatic carbocycles. The van der Waals surface area contributed by atoms with Gasteiger partial charge >= 0.3 is 0 Å². The zero-order valence-corrected chi connectivity index (χ0v) is 15.5. The Morgan fingerprint density at radius 2 is 1.84 bits per heavy atom. The summed E-state index contributed by atoms with van der Waals surface area (Å²) in [5.41, 5.74) is 0. The van der Waals surface area contributed by atoms with Crippen molar-refractivity contribution < 1.29 is 19.2 Å². The fourth-order valence-electron chi connectivity index (χ4n) is 2.91. The SMILES string of the molecule is CC[C@H]1CC(=O)N(CCNC(=O)CSCC(=O)NCC2CCC2)C1=O. The van der Waals surface area contributed by atoms with Gasteiger partial charge in [0, 0.05) is 32.0 Å². The number of carbonyl (C=O) groups excluding carboxylic acids is 4. The van der Waals surface area contributed by atoms with E-state index in [4.69, 9.17) is 0 Å². The molecule has 1 heterocycles. The number of hydrogen-bond acceptors (Lipinski definition) is 5. The minimum Gasteiger partial charge on any atom is -0.355 e. The molecule has 1 atom stereocenters. The van der Waals surface area contributed by atoms with Gasteiger partial charge in [-0.3, -0.25) is 24.1 Å². The maximum Gasteiger partial charge on any atom is 0.232 e. The summed E-state index contributed by atoms with van der Waals surface area (Å²) in [6, 6.07) is 0. The average molecular weight is 369 g/mol. The summed E-state index contributed by atoms with van der Waals surface area (Å²) < 4.78 is 0. The fourth-order valence-corrected chi connectivity index (χ4v) is 3.58. The largest absolute Gasteiger partial charge is 0.355 e. The molecule has 0 spiro atoms. The van der Waals surface area contributed by atoms with Crippen molar-refractivity contribution in [2.45, 2.75) is 39.0 Å². The van der Waals surface area contributed by atoms with Crippen molar-refractivity contribution in [3.05, 3.63) is 0 Å². The number of rotatable bonds is 10. The molecule has 1 saturated heterocycles. The first-order valence-corrected chi connectivity index (χ1v) is 10.1. The third-order valence-electron chi connectivity index (χ3n) is 4.77. The molecular weight excluding hydrogens is 342 g/mol. The second-order valence-corrected chi connectivity index (χ2v) is 7.62. The van der Waals surface area contributed by atoms with Gasteiger partial charge in [-0.2, -0.15) is 0 Å². The molecule has 2 N–H and O–H groups in total. The summed E-state index contributed by atoms with van der Waals surface area (Å²) >= 11 is 1.26. The topological polar surface area (TPSA) is 95.6 Å². The van der Waals surface area contributed by atoms with Crippen LogP contribution in [0.1, 0.15) is 39.0 Å². The molecule has 0 bridgehead atoms. The van der Waals surface area contributed by atoms with Crippen LogP contribution in [-0.2, 0) is 19.2 Å². The van der Waals surface area contributed by atoms with E-state index in [2.05, 4.69) is 10.6 Å². The molecule has 1 saturated carbocycles. The fraction of sp³-hybridized carbons (Fsp3) is 0.765. The van der Waals surface area contributed by atoms with Gasteiger partial charge in [-0.25, -0.2) is 0 Å². The molecule has 25 heavy (non-hydrogen) atoms. The van der Waals surface area contributed by atoms with E-state index in [0.29, 0.717) is 12.3 Å². The number of amides is 4. The Labute approximate surface area is 152 Å². The van der Waals surface area contributed by atoms with Crippen molar-refractivity contribution in [2.24, 2.45) is 11.8 Å². The molecule has 0 radical (unpaired) electrons. The Hall–Kier alpha value is -1.57. The minimum absolute atomic E-state index is 0.0384. The summed E-state index contributed by atoms with van der Waals surface area (Å²) in [6.45, 7) is 3.09. The maximum atomic E-state index is 11.9. The maximum absolute atomic E-state index is 11.9. The summed E-state index contributed by atoms with van der Waals surface area (Å²) in [7, 11) is 0. The monoisotopic (exact) mass is 369 g/mol. The van der Waals surface area contributed by atoms with E-state index in [9.17, 15) is 19.2 Å². The van der Waals surface area contributed by atoms with Gasteiger partial charge in [0.2, 0.25) is 23.6 Å². The van der Waals surface area contributed by atoms with Gasteiger partial charge in [0.25, 0.3) is 0 Å². The third kappa shape index (κ3) is 6.02. The Morgan fingerprint density at radius 1 is 1.16 bits per heavy atom. The van der Waals surface area contributed by atoms with Crippen LogP contribution in [0, 0.1) is 11.8 Å². The van der Waals surface area contributed by atoms with Gasteiger partial charge in [-0.1, -0.05) is 13.3 Å². The Morgan fingerprint density at radius 3 is 2.40 bits per heavy atom. The molecule has 2 aliphatic rings. The lowest BCUT2D eigenvalue weighted by Crippen LogP contribution is -2.39. The molecule has 2 rings (SSSR count). The lowest BCUT2D eigenvalue weighted by Gasteiger charge is -2.25. The zero-order valence-electron chi connectivity index (χ0n) is 14.7. The number of nitrogens with one attached hydrogen (secondary N) is 2. The first-order chi connectivity index (χ1) is 12.0. The van der Waals surface area contributed by atoms with Crippen molar-refractivity contribution in [2.75, 3.05) is 31.1 Å². The van der Waals surface area contributed by atoms with Crippen LogP contribution in [0.25, 0.3) is 0 Å². The van der Waals surface area contributed by atoms with Crippen molar-refractivity contribution in [1.82, 2.24) is 15.5 Å². The van der Waals surface area contributed by atoms with Gasteiger partial charge < -0.3 is 10.6 Å². The predicted octanol–water partition coefficient (Wildman–Crippen LogP) is 0.537. The van der Waals surface area contributed by atoms with Crippen LogP contribution in [0.2, 0.25) is 0 Å². The Balaban J connectivity index is 1.52. The molecule has 8 heteroatoms. The van der Waals surface area contributed by atoms with Crippen molar-refractivity contribution in [3.8, 4) is 0 Å². The van der Waals surface area contributed by atoms with Crippen LogP contribution in [0.15, 0.2) is 0 Å². The molecule has 1 aliphatic carbocycles. The lowest BCUT2D eigenvalue weighted by molar-refractivity contribution is -0.139. The number of nitrogens with zero attached hydrogens (tertiary/aromatic N) is 1. The number of carbonyl (C=O) groups is 4. The van der Waals surface area contributed by atoms with Gasteiger partial charge in [-0.15, -0.1) is 11.8 Å². The third-order valence-corrected chi connectivity index (χ3v) is 5.70. The van der Waals surface area contributed by atoms with E-state index < -0.39 is 0 Å². The first-order valence-electron chi connectivity index (χ1n) is 8.96. The molecule has 0 unspecified atom stereocenters.